The molecule has 110 valence electrons. The molecule has 0 unspecified atom stereocenters. The van der Waals surface area contributed by atoms with Gasteiger partial charge in [0.15, 0.2) is 11.5 Å². The fourth-order valence-electron chi connectivity index (χ4n) is 2.58. The Bertz CT molecular complexity index is 1090. The minimum absolute atomic E-state index is 0.663. The van der Waals surface area contributed by atoms with E-state index in [0.29, 0.717) is 11.5 Å². The smallest absolute Gasteiger partial charge is 0.161 e. The van der Waals surface area contributed by atoms with Crippen molar-refractivity contribution in [1.29, 1.82) is 0 Å². The van der Waals surface area contributed by atoms with E-state index in [1.54, 1.807) is 24.8 Å². The monoisotopic (exact) mass is 302 g/mol. The number of H-pyrrole nitrogens is 3. The zero-order valence-corrected chi connectivity index (χ0v) is 11.8. The number of nitrogens with zero attached hydrogens (tertiary/aromatic N) is 5. The molecule has 8 nitrogen and oxygen atoms in total. The summed E-state index contributed by atoms with van der Waals surface area (Å²) in [6.07, 6.45) is 6.98. The molecule has 0 aliphatic rings. The molecule has 0 spiro atoms. The molecule has 5 rings (SSSR count). The third-order valence-electron chi connectivity index (χ3n) is 3.71. The number of nitrogens with one attached hydrogen (secondary N) is 3. The van der Waals surface area contributed by atoms with Crippen LogP contribution in [0.15, 0.2) is 43.0 Å². The van der Waals surface area contributed by atoms with Gasteiger partial charge in [0, 0.05) is 18.0 Å². The summed E-state index contributed by atoms with van der Waals surface area (Å²) in [4.78, 5) is 16.6. The Labute approximate surface area is 129 Å². The van der Waals surface area contributed by atoms with Gasteiger partial charge in [-0.25, -0.2) is 9.97 Å². The Morgan fingerprint density at radius 1 is 0.957 bits per heavy atom. The van der Waals surface area contributed by atoms with Gasteiger partial charge in [0.05, 0.1) is 29.1 Å². The molecular formula is C15H10N8. The van der Waals surface area contributed by atoms with Crippen LogP contribution in [-0.4, -0.2) is 40.3 Å². The Kier molecular flexibility index (Phi) is 2.34. The maximum atomic E-state index is 4.69. The zero-order valence-electron chi connectivity index (χ0n) is 11.8. The van der Waals surface area contributed by atoms with E-state index in [1.807, 2.05) is 18.2 Å². The lowest BCUT2D eigenvalue weighted by Crippen LogP contribution is -1.86. The average Bonchev–Trinajstić information content (AvgIpc) is 3.32. The molecule has 0 fully saturated rings. The molecule has 0 aliphatic carbocycles. The first kappa shape index (κ1) is 12.0. The highest BCUT2D eigenvalue weighted by molar-refractivity contribution is 5.91. The molecule has 5 heterocycles. The second kappa shape index (κ2) is 4.47. The molecule has 0 amide bonds. The van der Waals surface area contributed by atoms with Crippen LogP contribution in [0, 0.1) is 0 Å². The topological polar surface area (TPSA) is 112 Å². The fraction of sp³-hybridized carbons (Fsp3) is 0. The summed E-state index contributed by atoms with van der Waals surface area (Å²) < 4.78 is 0. The first-order chi connectivity index (χ1) is 11.4. The van der Waals surface area contributed by atoms with Crippen molar-refractivity contribution >= 4 is 22.1 Å². The van der Waals surface area contributed by atoms with Crippen LogP contribution >= 0.6 is 0 Å². The minimum Gasteiger partial charge on any atom is -0.336 e. The molecule has 3 N–H and O–H groups in total. The number of pyridine rings is 2. The summed E-state index contributed by atoms with van der Waals surface area (Å²) in [7, 11) is 0. The summed E-state index contributed by atoms with van der Waals surface area (Å²) in [5, 5.41) is 14.1. The van der Waals surface area contributed by atoms with Crippen molar-refractivity contribution in [3.8, 4) is 22.8 Å². The molecule has 0 aromatic carbocycles. The Morgan fingerprint density at radius 3 is 2.83 bits per heavy atom. The van der Waals surface area contributed by atoms with Gasteiger partial charge in [-0.2, -0.15) is 10.2 Å². The molecule has 8 heteroatoms. The first-order valence-electron chi connectivity index (χ1n) is 7.03. The van der Waals surface area contributed by atoms with Crippen molar-refractivity contribution in [1.82, 2.24) is 40.3 Å². The molecule has 0 radical (unpaired) electrons. The van der Waals surface area contributed by atoms with E-state index in [9.17, 15) is 0 Å². The number of imidazole rings is 1. The maximum Gasteiger partial charge on any atom is 0.161 e. The molecule has 23 heavy (non-hydrogen) atoms. The lowest BCUT2D eigenvalue weighted by molar-refractivity contribution is 1.09. The van der Waals surface area contributed by atoms with Crippen LogP contribution in [0.2, 0.25) is 0 Å². The van der Waals surface area contributed by atoms with Gasteiger partial charge in [0.2, 0.25) is 0 Å². The van der Waals surface area contributed by atoms with E-state index >= 15 is 0 Å². The number of aromatic nitrogens is 8. The van der Waals surface area contributed by atoms with Crippen molar-refractivity contribution in [3.63, 3.8) is 0 Å². The highest BCUT2D eigenvalue weighted by Crippen LogP contribution is 2.26. The van der Waals surface area contributed by atoms with E-state index in [0.717, 1.165) is 33.3 Å². The van der Waals surface area contributed by atoms with Crippen LogP contribution in [0.5, 0.6) is 0 Å². The van der Waals surface area contributed by atoms with Gasteiger partial charge < -0.3 is 4.98 Å². The lowest BCUT2D eigenvalue weighted by Gasteiger charge is -1.97. The van der Waals surface area contributed by atoms with Crippen LogP contribution < -0.4 is 0 Å². The Morgan fingerprint density at radius 2 is 1.96 bits per heavy atom. The van der Waals surface area contributed by atoms with Crippen molar-refractivity contribution in [2.24, 2.45) is 0 Å². The molecule has 0 aliphatic heterocycles. The van der Waals surface area contributed by atoms with E-state index < -0.39 is 0 Å². The minimum atomic E-state index is 0.663. The molecule has 0 saturated heterocycles. The third-order valence-corrected chi connectivity index (χ3v) is 3.71. The quantitative estimate of drug-likeness (QED) is 0.463. The predicted molar refractivity (Wildman–Crippen MR) is 84.4 cm³/mol. The van der Waals surface area contributed by atoms with Crippen LogP contribution in [0.1, 0.15) is 0 Å². The summed E-state index contributed by atoms with van der Waals surface area (Å²) in [5.41, 5.74) is 5.75. The maximum absolute atomic E-state index is 4.69. The number of hydrogen-bond donors (Lipinski definition) is 3. The van der Waals surface area contributed by atoms with E-state index in [-0.39, 0.29) is 0 Å². The van der Waals surface area contributed by atoms with Crippen LogP contribution in [0.3, 0.4) is 0 Å². The average molecular weight is 302 g/mol. The van der Waals surface area contributed by atoms with E-state index in [2.05, 4.69) is 35.3 Å². The summed E-state index contributed by atoms with van der Waals surface area (Å²) in [6, 6.07) is 5.76. The highest BCUT2D eigenvalue weighted by atomic mass is 15.2. The normalized spacial score (nSPS) is 11.5. The van der Waals surface area contributed by atoms with Gasteiger partial charge >= 0.3 is 0 Å². The van der Waals surface area contributed by atoms with Gasteiger partial charge in [0.25, 0.3) is 0 Å². The van der Waals surface area contributed by atoms with Gasteiger partial charge in [-0.05, 0) is 18.2 Å². The van der Waals surface area contributed by atoms with Crippen LogP contribution in [-0.2, 0) is 0 Å². The van der Waals surface area contributed by atoms with Crippen LogP contribution in [0.4, 0.5) is 0 Å². The molecule has 0 saturated carbocycles. The van der Waals surface area contributed by atoms with Gasteiger partial charge in [-0.3, -0.25) is 15.2 Å². The van der Waals surface area contributed by atoms with E-state index in [4.69, 9.17) is 4.98 Å². The number of fused-ring (bicyclic) bond motifs is 2. The molecule has 5 aromatic rings. The highest BCUT2D eigenvalue weighted by Gasteiger charge is 2.15. The van der Waals surface area contributed by atoms with Gasteiger partial charge in [-0.1, -0.05) is 0 Å². The molecule has 0 atom stereocenters. The molecular weight excluding hydrogens is 292 g/mol. The fourth-order valence-corrected chi connectivity index (χ4v) is 2.58. The van der Waals surface area contributed by atoms with Crippen molar-refractivity contribution < 1.29 is 0 Å². The second-order valence-corrected chi connectivity index (χ2v) is 5.13. The number of aromatic amines is 3. The first-order valence-corrected chi connectivity index (χ1v) is 7.03. The second-order valence-electron chi connectivity index (χ2n) is 5.13. The van der Waals surface area contributed by atoms with Crippen molar-refractivity contribution in [3.05, 3.63) is 43.0 Å². The standard InChI is InChI=1S/C15H10N8/c1-2-11-13(19-9(1)8-5-17-18-6-8)14(23-22-11)15-20-10-3-4-16-7-12(10)21-15/h1-7H,(H,17,18)(H,20,21)(H,22,23). The molecule has 5 aromatic heterocycles. The summed E-state index contributed by atoms with van der Waals surface area (Å²) in [5.74, 6) is 0.663. The van der Waals surface area contributed by atoms with Crippen molar-refractivity contribution in [2.75, 3.05) is 0 Å². The summed E-state index contributed by atoms with van der Waals surface area (Å²) in [6.45, 7) is 0. The van der Waals surface area contributed by atoms with Gasteiger partial charge in [-0.15, -0.1) is 0 Å². The largest absolute Gasteiger partial charge is 0.336 e. The predicted octanol–water partition coefficient (Wildman–Crippen LogP) is 2.29. The van der Waals surface area contributed by atoms with Gasteiger partial charge in [0.1, 0.15) is 11.0 Å². The van der Waals surface area contributed by atoms with E-state index in [1.165, 1.54) is 0 Å². The zero-order chi connectivity index (χ0) is 15.2. The SMILES string of the molecule is c1cc2[nH]c(-c3n[nH]c4ccc(-c5cn[nH]c5)nc34)nc2cn1. The van der Waals surface area contributed by atoms with Crippen LogP contribution in [0.25, 0.3) is 44.8 Å². The lowest BCUT2D eigenvalue weighted by atomic mass is 10.2. The number of hydrogen-bond acceptors (Lipinski definition) is 5. The van der Waals surface area contributed by atoms with Crippen molar-refractivity contribution in [2.45, 2.75) is 0 Å². The molecule has 0 bridgehead atoms. The Balaban J connectivity index is 1.73. The summed E-state index contributed by atoms with van der Waals surface area (Å²) >= 11 is 0. The Hall–Kier alpha value is -3.55. The number of rotatable bonds is 2. The third kappa shape index (κ3) is 1.81.